The van der Waals surface area contributed by atoms with Gasteiger partial charge in [-0.15, -0.1) is 0 Å². The average Bonchev–Trinajstić information content (AvgIpc) is 2.62. The number of para-hydroxylation sites is 2. The zero-order valence-electron chi connectivity index (χ0n) is 13.8. The lowest BCUT2D eigenvalue weighted by Crippen LogP contribution is -2.34. The molecule has 1 atom stereocenters. The number of nitrogens with one attached hydrogen (secondary N) is 2. The Hall–Kier alpha value is -3.03. The Bertz CT molecular complexity index is 764. The highest BCUT2D eigenvalue weighted by atomic mass is 19.4. The molecular weight excluding hydrogens is 349 g/mol. The quantitative estimate of drug-likeness (QED) is 0.769. The van der Waals surface area contributed by atoms with E-state index in [0.717, 1.165) is 5.56 Å². The number of hydrogen-bond acceptors (Lipinski definition) is 4. The summed E-state index contributed by atoms with van der Waals surface area (Å²) in [6.45, 7) is 0. The highest BCUT2D eigenvalue weighted by molar-refractivity contribution is 5.98. The van der Waals surface area contributed by atoms with E-state index in [4.69, 9.17) is 4.74 Å². The lowest BCUT2D eigenvalue weighted by atomic mass is 10.1. The standard InChI is InChI=1S/C18H17F3N2O3/c1-26-16(24)15(11-12-7-3-2-4-8-12)22-13-9-5-6-10-14(13)23-17(25)18(19,20)21/h2-10,15,22H,11H2,1H3,(H,23,25)/t15-/m1/s1. The fourth-order valence-corrected chi connectivity index (χ4v) is 2.28. The van der Waals surface area contributed by atoms with Gasteiger partial charge in [0.1, 0.15) is 6.04 Å². The molecule has 2 rings (SSSR count). The number of methoxy groups -OCH3 is 1. The first-order chi connectivity index (χ1) is 12.3. The third-order valence-corrected chi connectivity index (χ3v) is 3.53. The molecule has 2 N–H and O–H groups in total. The van der Waals surface area contributed by atoms with Crippen LogP contribution >= 0.6 is 0 Å². The van der Waals surface area contributed by atoms with Crippen molar-refractivity contribution in [1.82, 2.24) is 0 Å². The number of amides is 1. The van der Waals surface area contributed by atoms with Crippen LogP contribution in [0.4, 0.5) is 24.5 Å². The van der Waals surface area contributed by atoms with Crippen LogP contribution in [0.1, 0.15) is 5.56 Å². The van der Waals surface area contributed by atoms with Crippen molar-refractivity contribution in [3.05, 3.63) is 60.2 Å². The number of anilines is 2. The average molecular weight is 366 g/mol. The summed E-state index contributed by atoms with van der Waals surface area (Å²) in [5.41, 5.74) is 0.931. The predicted octanol–water partition coefficient (Wildman–Crippen LogP) is 3.38. The zero-order valence-corrected chi connectivity index (χ0v) is 13.8. The minimum absolute atomic E-state index is 0.0863. The maximum absolute atomic E-state index is 12.5. The molecule has 26 heavy (non-hydrogen) atoms. The van der Waals surface area contributed by atoms with Gasteiger partial charge >= 0.3 is 18.1 Å². The summed E-state index contributed by atoms with van der Waals surface area (Å²) in [5, 5.41) is 4.65. The van der Waals surface area contributed by atoms with E-state index >= 15 is 0 Å². The molecule has 2 aromatic carbocycles. The van der Waals surface area contributed by atoms with Crippen LogP contribution in [-0.4, -0.2) is 31.2 Å². The van der Waals surface area contributed by atoms with Crippen molar-refractivity contribution >= 4 is 23.3 Å². The SMILES string of the molecule is COC(=O)[C@@H](Cc1ccccc1)Nc1ccccc1NC(=O)C(F)(F)F. The monoisotopic (exact) mass is 366 g/mol. The molecule has 1 amide bonds. The van der Waals surface area contributed by atoms with E-state index in [-0.39, 0.29) is 17.8 Å². The smallest absolute Gasteiger partial charge is 0.467 e. The normalized spacial score (nSPS) is 12.2. The number of alkyl halides is 3. The van der Waals surface area contributed by atoms with Crippen molar-refractivity contribution in [1.29, 1.82) is 0 Å². The van der Waals surface area contributed by atoms with Gasteiger partial charge in [0.15, 0.2) is 0 Å². The van der Waals surface area contributed by atoms with Crippen molar-refractivity contribution in [2.75, 3.05) is 17.7 Å². The van der Waals surface area contributed by atoms with Gasteiger partial charge in [0.2, 0.25) is 0 Å². The molecule has 0 saturated carbocycles. The van der Waals surface area contributed by atoms with Gasteiger partial charge in [-0.05, 0) is 17.7 Å². The first kappa shape index (κ1) is 19.3. The lowest BCUT2D eigenvalue weighted by molar-refractivity contribution is -0.167. The van der Waals surface area contributed by atoms with Crippen LogP contribution in [-0.2, 0) is 20.7 Å². The van der Waals surface area contributed by atoms with E-state index in [1.54, 1.807) is 23.5 Å². The molecule has 0 fully saturated rings. The highest BCUT2D eigenvalue weighted by Gasteiger charge is 2.39. The highest BCUT2D eigenvalue weighted by Crippen LogP contribution is 2.25. The fraction of sp³-hybridized carbons (Fsp3) is 0.222. The van der Waals surface area contributed by atoms with Gasteiger partial charge in [0.25, 0.3) is 0 Å². The van der Waals surface area contributed by atoms with Crippen LogP contribution in [0, 0.1) is 0 Å². The van der Waals surface area contributed by atoms with Gasteiger partial charge in [-0.2, -0.15) is 13.2 Å². The number of halogens is 3. The lowest BCUT2D eigenvalue weighted by Gasteiger charge is -2.20. The molecule has 8 heteroatoms. The maximum atomic E-state index is 12.5. The van der Waals surface area contributed by atoms with E-state index in [1.807, 2.05) is 18.2 Å². The van der Waals surface area contributed by atoms with Gasteiger partial charge in [0, 0.05) is 6.42 Å². The maximum Gasteiger partial charge on any atom is 0.471 e. The Morgan fingerprint density at radius 2 is 1.58 bits per heavy atom. The van der Waals surface area contributed by atoms with Crippen molar-refractivity contribution in [2.45, 2.75) is 18.6 Å². The van der Waals surface area contributed by atoms with Crippen molar-refractivity contribution < 1.29 is 27.5 Å². The summed E-state index contributed by atoms with van der Waals surface area (Å²) < 4.78 is 42.2. The summed E-state index contributed by atoms with van der Waals surface area (Å²) in [5.74, 6) is -2.67. The van der Waals surface area contributed by atoms with Crippen LogP contribution in [0.2, 0.25) is 0 Å². The summed E-state index contributed by atoms with van der Waals surface area (Å²) in [6.07, 6.45) is -4.76. The second kappa shape index (κ2) is 8.37. The zero-order chi connectivity index (χ0) is 19.2. The van der Waals surface area contributed by atoms with Gasteiger partial charge in [-0.1, -0.05) is 42.5 Å². The van der Waals surface area contributed by atoms with E-state index in [9.17, 15) is 22.8 Å². The Morgan fingerprint density at radius 3 is 2.15 bits per heavy atom. The number of benzene rings is 2. The van der Waals surface area contributed by atoms with E-state index in [2.05, 4.69) is 5.32 Å². The predicted molar refractivity (Wildman–Crippen MR) is 90.7 cm³/mol. The molecule has 138 valence electrons. The van der Waals surface area contributed by atoms with E-state index < -0.39 is 24.1 Å². The Morgan fingerprint density at radius 1 is 1.00 bits per heavy atom. The van der Waals surface area contributed by atoms with Crippen LogP contribution in [0.25, 0.3) is 0 Å². The Balaban J connectivity index is 2.22. The number of esters is 1. The van der Waals surface area contributed by atoms with Crippen LogP contribution < -0.4 is 10.6 Å². The molecule has 5 nitrogen and oxygen atoms in total. The van der Waals surface area contributed by atoms with Gasteiger partial charge in [0.05, 0.1) is 18.5 Å². The second-order valence-electron chi connectivity index (χ2n) is 5.41. The fourth-order valence-electron chi connectivity index (χ4n) is 2.28. The topological polar surface area (TPSA) is 67.4 Å². The molecule has 0 radical (unpaired) electrons. The van der Waals surface area contributed by atoms with Crippen molar-refractivity contribution in [3.8, 4) is 0 Å². The third-order valence-electron chi connectivity index (χ3n) is 3.53. The molecule has 0 aliphatic heterocycles. The largest absolute Gasteiger partial charge is 0.471 e. The summed E-state index contributed by atoms with van der Waals surface area (Å²) >= 11 is 0. The summed E-state index contributed by atoms with van der Waals surface area (Å²) in [4.78, 5) is 23.3. The number of rotatable bonds is 6. The minimum Gasteiger partial charge on any atom is -0.467 e. The molecule has 0 heterocycles. The number of ether oxygens (including phenoxy) is 1. The summed E-state index contributed by atoms with van der Waals surface area (Å²) in [7, 11) is 1.22. The molecule has 0 saturated heterocycles. The van der Waals surface area contributed by atoms with Crippen LogP contribution in [0.3, 0.4) is 0 Å². The third kappa shape index (κ3) is 5.23. The first-order valence-corrected chi connectivity index (χ1v) is 7.66. The van der Waals surface area contributed by atoms with E-state index in [0.29, 0.717) is 0 Å². The van der Waals surface area contributed by atoms with Crippen LogP contribution in [0.15, 0.2) is 54.6 Å². The minimum atomic E-state index is -5.01. The Kier molecular flexibility index (Phi) is 6.21. The van der Waals surface area contributed by atoms with E-state index in [1.165, 1.54) is 25.3 Å². The molecule has 0 bridgehead atoms. The molecule has 0 aliphatic carbocycles. The first-order valence-electron chi connectivity index (χ1n) is 7.66. The molecule has 0 unspecified atom stereocenters. The molecule has 0 spiro atoms. The van der Waals surface area contributed by atoms with Gasteiger partial charge in [-0.25, -0.2) is 4.79 Å². The molecule has 0 aromatic heterocycles. The molecule has 2 aromatic rings. The Labute approximate surface area is 148 Å². The molecule has 0 aliphatic rings. The number of carbonyl (C=O) groups is 2. The van der Waals surface area contributed by atoms with Crippen LogP contribution in [0.5, 0.6) is 0 Å². The summed E-state index contributed by atoms with van der Waals surface area (Å²) in [6, 6.07) is 14.0. The van der Waals surface area contributed by atoms with Crippen molar-refractivity contribution in [2.24, 2.45) is 0 Å². The van der Waals surface area contributed by atoms with Gasteiger partial charge < -0.3 is 15.4 Å². The van der Waals surface area contributed by atoms with Crippen molar-refractivity contribution in [3.63, 3.8) is 0 Å². The second-order valence-corrected chi connectivity index (χ2v) is 5.41. The molecular formula is C18H17F3N2O3. The van der Waals surface area contributed by atoms with Gasteiger partial charge in [-0.3, -0.25) is 4.79 Å². The number of hydrogen-bond donors (Lipinski definition) is 2. The number of carbonyl (C=O) groups excluding carboxylic acids is 2.